The molecule has 2 aromatic heterocycles. The maximum absolute atomic E-state index is 13.3. The van der Waals surface area contributed by atoms with E-state index in [0.717, 1.165) is 0 Å². The maximum Gasteiger partial charge on any atom is 0.248 e. The minimum absolute atomic E-state index is 0.0174. The van der Waals surface area contributed by atoms with Crippen molar-refractivity contribution in [3.05, 3.63) is 65.4 Å². The average molecular weight is 484 g/mol. The molecule has 34 heavy (non-hydrogen) atoms. The predicted octanol–water partition coefficient (Wildman–Crippen LogP) is 3.99. The molecule has 10 heteroatoms. The summed E-state index contributed by atoms with van der Waals surface area (Å²) in [7, 11) is -3.86. The number of aryl methyl sites for hydroxylation is 1. The summed E-state index contributed by atoms with van der Waals surface area (Å²) in [6.45, 7) is 3.47. The lowest BCUT2D eigenvalue weighted by Gasteiger charge is -2.30. The van der Waals surface area contributed by atoms with Crippen molar-refractivity contribution in [3.63, 3.8) is 0 Å². The Hall–Kier alpha value is -3.50. The third-order valence-corrected chi connectivity index (χ3v) is 7.81. The Bertz CT molecular complexity index is 1300. The van der Waals surface area contributed by atoms with Gasteiger partial charge < -0.3 is 14.3 Å². The molecule has 0 aliphatic carbocycles. The molecule has 1 N–H and O–H groups in total. The molecule has 1 fully saturated rings. The van der Waals surface area contributed by atoms with Crippen LogP contribution in [-0.4, -0.2) is 42.7 Å². The van der Waals surface area contributed by atoms with Crippen molar-refractivity contribution in [1.29, 1.82) is 0 Å². The summed E-state index contributed by atoms with van der Waals surface area (Å²) in [5.74, 6) is 0.147. The summed E-state index contributed by atoms with van der Waals surface area (Å²) < 4.78 is 38.5. The summed E-state index contributed by atoms with van der Waals surface area (Å²) >= 11 is 0. The van der Waals surface area contributed by atoms with E-state index in [9.17, 15) is 18.0 Å². The van der Waals surface area contributed by atoms with Gasteiger partial charge in [-0.1, -0.05) is 5.16 Å². The van der Waals surface area contributed by atoms with Crippen LogP contribution in [0.5, 0.6) is 0 Å². The molecule has 9 nitrogen and oxygen atoms in total. The van der Waals surface area contributed by atoms with Crippen LogP contribution in [0.25, 0.3) is 12.2 Å². The van der Waals surface area contributed by atoms with Gasteiger partial charge in [0.2, 0.25) is 15.9 Å². The molecule has 0 spiro atoms. The van der Waals surface area contributed by atoms with Gasteiger partial charge in [0.15, 0.2) is 16.4 Å². The number of anilines is 1. The molecule has 0 atom stereocenters. The number of rotatable bonds is 7. The number of nitrogens with one attached hydrogen (secondary N) is 1. The summed E-state index contributed by atoms with van der Waals surface area (Å²) in [6.07, 6.45) is 5.42. The number of piperidine rings is 1. The third-order valence-electron chi connectivity index (χ3n) is 5.76. The zero-order valence-corrected chi connectivity index (χ0v) is 19.7. The minimum Gasteiger partial charge on any atom is -0.465 e. The number of furan rings is 1. The van der Waals surface area contributed by atoms with Gasteiger partial charge in [-0.25, -0.2) is 8.42 Å². The van der Waals surface area contributed by atoms with Crippen molar-refractivity contribution in [2.24, 2.45) is 5.92 Å². The lowest BCUT2D eigenvalue weighted by Crippen LogP contribution is -2.41. The molecule has 1 aliphatic heterocycles. The second-order valence-corrected chi connectivity index (χ2v) is 9.99. The summed E-state index contributed by atoms with van der Waals surface area (Å²) in [4.78, 5) is 24.1. The molecule has 1 saturated heterocycles. The zero-order chi connectivity index (χ0) is 24.3. The van der Waals surface area contributed by atoms with Gasteiger partial charge in [0.25, 0.3) is 0 Å². The first-order valence-electron chi connectivity index (χ1n) is 10.9. The number of amides is 1. The molecule has 0 saturated carbocycles. The Kier molecular flexibility index (Phi) is 6.80. The number of ketones is 1. The lowest BCUT2D eigenvalue weighted by molar-refractivity contribution is -0.120. The Morgan fingerprint density at radius 2 is 1.82 bits per heavy atom. The van der Waals surface area contributed by atoms with Gasteiger partial charge in [0.1, 0.15) is 11.5 Å². The molecular formula is C24H25N3O6S. The summed E-state index contributed by atoms with van der Waals surface area (Å²) in [5.41, 5.74) is 1.44. The van der Waals surface area contributed by atoms with Crippen molar-refractivity contribution in [2.45, 2.75) is 31.6 Å². The molecule has 3 aromatic rings. The average Bonchev–Trinajstić information content (AvgIpc) is 3.47. The van der Waals surface area contributed by atoms with Crippen LogP contribution in [0, 0.1) is 12.8 Å². The van der Waals surface area contributed by atoms with E-state index in [1.807, 2.05) is 0 Å². The van der Waals surface area contributed by atoms with E-state index in [1.165, 1.54) is 23.6 Å². The van der Waals surface area contributed by atoms with Crippen LogP contribution < -0.4 is 5.32 Å². The first kappa shape index (κ1) is 23.7. The lowest BCUT2D eigenvalue weighted by atomic mass is 9.97. The van der Waals surface area contributed by atoms with E-state index in [2.05, 4.69) is 10.5 Å². The van der Waals surface area contributed by atoms with E-state index in [-0.39, 0.29) is 47.0 Å². The van der Waals surface area contributed by atoms with Crippen molar-refractivity contribution < 1.29 is 26.9 Å². The first-order valence-corrected chi connectivity index (χ1v) is 12.3. The number of aromatic nitrogens is 1. The molecule has 1 aliphatic rings. The van der Waals surface area contributed by atoms with Gasteiger partial charge in [-0.05, 0) is 75.2 Å². The highest BCUT2D eigenvalue weighted by atomic mass is 32.2. The summed E-state index contributed by atoms with van der Waals surface area (Å²) in [6, 6.07) is 10.1. The van der Waals surface area contributed by atoms with E-state index < -0.39 is 10.0 Å². The van der Waals surface area contributed by atoms with Crippen LogP contribution in [0.15, 0.2) is 56.5 Å². The normalized spacial score (nSPS) is 15.6. The highest BCUT2D eigenvalue weighted by Crippen LogP contribution is 2.29. The van der Waals surface area contributed by atoms with Crippen LogP contribution >= 0.6 is 0 Å². The van der Waals surface area contributed by atoms with E-state index in [0.29, 0.717) is 29.9 Å². The quantitative estimate of drug-likeness (QED) is 0.504. The fourth-order valence-corrected chi connectivity index (χ4v) is 5.58. The van der Waals surface area contributed by atoms with Crippen LogP contribution in [0.3, 0.4) is 0 Å². The Morgan fingerprint density at radius 3 is 2.44 bits per heavy atom. The number of Topliss-reactive ketones (excluding diaryl/α,β-unsaturated/α-hetero) is 1. The smallest absolute Gasteiger partial charge is 0.248 e. The van der Waals surface area contributed by atoms with Crippen LogP contribution in [0.4, 0.5) is 5.69 Å². The topological polar surface area (TPSA) is 123 Å². The van der Waals surface area contributed by atoms with Crippen molar-refractivity contribution in [2.75, 3.05) is 18.4 Å². The number of sulfonamides is 1. The minimum atomic E-state index is -3.86. The van der Waals surface area contributed by atoms with Gasteiger partial charge in [-0.3, -0.25) is 9.59 Å². The zero-order valence-electron chi connectivity index (χ0n) is 18.9. The predicted molar refractivity (Wildman–Crippen MR) is 125 cm³/mol. The SMILES string of the molecule is CC(=O)c1ccc(NC(=O)C2CCN(S(=O)(=O)c3c(C)noc3C=Cc3ccco3)CC2)cc1. The summed E-state index contributed by atoms with van der Waals surface area (Å²) in [5, 5.41) is 6.68. The highest BCUT2D eigenvalue weighted by molar-refractivity contribution is 7.89. The number of carbonyl (C=O) groups excluding carboxylic acids is 2. The maximum atomic E-state index is 13.3. The van der Waals surface area contributed by atoms with Crippen molar-refractivity contribution in [3.8, 4) is 0 Å². The molecule has 0 bridgehead atoms. The Balaban J connectivity index is 1.41. The fraction of sp³-hybridized carbons (Fsp3) is 0.292. The molecule has 0 unspecified atom stereocenters. The van der Waals surface area contributed by atoms with Crippen molar-refractivity contribution >= 4 is 39.6 Å². The van der Waals surface area contributed by atoms with Crippen LogP contribution in [0.1, 0.15) is 47.3 Å². The van der Waals surface area contributed by atoms with E-state index in [1.54, 1.807) is 49.4 Å². The molecule has 1 aromatic carbocycles. The van der Waals surface area contributed by atoms with Gasteiger partial charge in [0, 0.05) is 30.3 Å². The molecule has 1 amide bonds. The van der Waals surface area contributed by atoms with Gasteiger partial charge >= 0.3 is 0 Å². The monoisotopic (exact) mass is 483 g/mol. The van der Waals surface area contributed by atoms with Crippen LogP contribution in [-0.2, 0) is 14.8 Å². The second kappa shape index (κ2) is 9.78. The Morgan fingerprint density at radius 1 is 1.12 bits per heavy atom. The van der Waals surface area contributed by atoms with Gasteiger partial charge in [0.05, 0.1) is 6.26 Å². The highest BCUT2D eigenvalue weighted by Gasteiger charge is 2.36. The number of carbonyl (C=O) groups is 2. The number of hydrogen-bond donors (Lipinski definition) is 1. The molecular weight excluding hydrogens is 458 g/mol. The number of hydrogen-bond acceptors (Lipinski definition) is 7. The van der Waals surface area contributed by atoms with Crippen molar-refractivity contribution in [1.82, 2.24) is 9.46 Å². The standard InChI is InChI=1S/C24H25N3O6S/c1-16-23(22(33-26-16)10-9-21-4-3-15-32-21)34(30,31)27-13-11-19(12-14-27)24(29)25-20-7-5-18(6-8-20)17(2)28/h3-10,15,19H,11-14H2,1-2H3,(H,25,29). The van der Waals surface area contributed by atoms with E-state index >= 15 is 0 Å². The molecule has 0 radical (unpaired) electrons. The molecule has 4 rings (SSSR count). The Labute approximate surface area is 197 Å². The third kappa shape index (κ3) is 5.02. The van der Waals surface area contributed by atoms with E-state index in [4.69, 9.17) is 8.94 Å². The number of nitrogens with zero attached hydrogens (tertiary/aromatic N) is 2. The fourth-order valence-electron chi connectivity index (χ4n) is 3.86. The van der Waals surface area contributed by atoms with Gasteiger partial charge in [-0.2, -0.15) is 4.31 Å². The number of benzene rings is 1. The molecule has 178 valence electrons. The van der Waals surface area contributed by atoms with Crippen LogP contribution in [0.2, 0.25) is 0 Å². The first-order chi connectivity index (χ1) is 16.3. The van der Waals surface area contributed by atoms with Gasteiger partial charge in [-0.15, -0.1) is 0 Å². The largest absolute Gasteiger partial charge is 0.465 e. The molecule has 3 heterocycles. The second-order valence-electron chi connectivity index (χ2n) is 8.11.